The van der Waals surface area contributed by atoms with E-state index in [0.717, 1.165) is 11.8 Å². The molecule has 0 aromatic carbocycles. The molecule has 0 amide bonds. The zero-order valence-corrected chi connectivity index (χ0v) is 11.1. The van der Waals surface area contributed by atoms with Gasteiger partial charge in [-0.25, -0.2) is 0 Å². The van der Waals surface area contributed by atoms with Crippen LogP contribution in [-0.2, 0) is 4.43 Å². The zero-order chi connectivity index (χ0) is 10.4. The van der Waals surface area contributed by atoms with Crippen molar-refractivity contribution in [3.63, 3.8) is 0 Å². The smallest absolute Gasteiger partial charge is 0.184 e. The van der Waals surface area contributed by atoms with Crippen LogP contribution in [0.25, 0.3) is 0 Å². The molecular weight excluding hydrogens is 188 g/mol. The molecule has 1 nitrogen and oxygen atoms in total. The second-order valence-corrected chi connectivity index (χ2v) is 10.6. The van der Waals surface area contributed by atoms with Crippen LogP contribution in [0.3, 0.4) is 0 Å². The minimum atomic E-state index is -1.32. The quantitative estimate of drug-likeness (QED) is 0.646. The molecule has 2 saturated carbocycles. The molecule has 2 aliphatic carbocycles. The van der Waals surface area contributed by atoms with E-state index in [9.17, 15) is 0 Å². The largest absolute Gasteiger partial charge is 0.412 e. The van der Waals surface area contributed by atoms with E-state index in [-0.39, 0.29) is 0 Å². The van der Waals surface area contributed by atoms with E-state index >= 15 is 0 Å². The normalized spacial score (nSPS) is 42.0. The highest BCUT2D eigenvalue weighted by Gasteiger charge is 2.60. The molecule has 0 unspecified atom stereocenters. The van der Waals surface area contributed by atoms with Gasteiger partial charge in [0.05, 0.1) is 5.60 Å². The summed E-state index contributed by atoms with van der Waals surface area (Å²) in [7, 11) is -1.32. The van der Waals surface area contributed by atoms with Crippen molar-refractivity contribution in [2.24, 2.45) is 11.8 Å². The van der Waals surface area contributed by atoms with Gasteiger partial charge in [0.1, 0.15) is 0 Å². The number of hydrogen-bond acceptors (Lipinski definition) is 1. The van der Waals surface area contributed by atoms with Gasteiger partial charge < -0.3 is 4.43 Å². The van der Waals surface area contributed by atoms with Crippen LogP contribution in [0.5, 0.6) is 0 Å². The lowest BCUT2D eigenvalue weighted by atomic mass is 9.86. The predicted octanol–water partition coefficient (Wildman–Crippen LogP) is 3.81. The van der Waals surface area contributed by atoms with Crippen molar-refractivity contribution in [2.75, 3.05) is 0 Å². The molecule has 0 aromatic rings. The first-order valence-electron chi connectivity index (χ1n) is 6.17. The summed E-state index contributed by atoms with van der Waals surface area (Å²) in [5.74, 6) is 1.90. The monoisotopic (exact) mass is 212 g/mol. The average Bonchev–Trinajstić information content (AvgIpc) is 2.73. The fraction of sp³-hybridized carbons (Fsp3) is 1.00. The Morgan fingerprint density at radius 3 is 2.64 bits per heavy atom. The summed E-state index contributed by atoms with van der Waals surface area (Å²) >= 11 is 0. The van der Waals surface area contributed by atoms with E-state index in [1.54, 1.807) is 0 Å². The Bertz CT molecular complexity index is 221. The summed E-state index contributed by atoms with van der Waals surface area (Å²) in [6.45, 7) is 9.32. The maximum absolute atomic E-state index is 6.41. The van der Waals surface area contributed by atoms with Crippen LogP contribution in [0.4, 0.5) is 0 Å². The molecule has 0 bridgehead atoms. The maximum Gasteiger partial charge on any atom is 0.184 e. The fourth-order valence-electron chi connectivity index (χ4n) is 3.33. The first kappa shape index (κ1) is 10.7. The fourth-order valence-corrected chi connectivity index (χ4v) is 4.88. The molecule has 0 N–H and O–H groups in total. The highest BCUT2D eigenvalue weighted by atomic mass is 28.4. The Kier molecular flexibility index (Phi) is 2.55. The van der Waals surface area contributed by atoms with Crippen molar-refractivity contribution in [3.8, 4) is 0 Å². The molecule has 0 radical (unpaired) electrons. The third-order valence-electron chi connectivity index (χ3n) is 3.86. The van der Waals surface area contributed by atoms with Crippen LogP contribution in [0, 0.1) is 11.8 Å². The van der Waals surface area contributed by atoms with E-state index in [1.807, 2.05) is 0 Å². The lowest BCUT2D eigenvalue weighted by Gasteiger charge is -2.33. The molecule has 2 heteroatoms. The minimum absolute atomic E-state index is 0.364. The summed E-state index contributed by atoms with van der Waals surface area (Å²) in [5, 5.41) is 0. The maximum atomic E-state index is 6.41. The van der Waals surface area contributed by atoms with Crippen molar-refractivity contribution in [1.29, 1.82) is 0 Å². The first-order valence-corrected chi connectivity index (χ1v) is 9.58. The molecule has 0 aromatic heterocycles. The van der Waals surface area contributed by atoms with E-state index in [4.69, 9.17) is 4.43 Å². The molecule has 0 aliphatic heterocycles. The van der Waals surface area contributed by atoms with Gasteiger partial charge in [0.15, 0.2) is 8.32 Å². The van der Waals surface area contributed by atoms with Gasteiger partial charge in [-0.15, -0.1) is 0 Å². The number of rotatable bonds is 3. The Hall–Kier alpha value is 0.177. The van der Waals surface area contributed by atoms with Crippen LogP contribution in [0.2, 0.25) is 19.6 Å². The van der Waals surface area contributed by atoms with Crippen molar-refractivity contribution >= 4 is 8.32 Å². The van der Waals surface area contributed by atoms with E-state index in [1.165, 1.54) is 32.1 Å². The van der Waals surface area contributed by atoms with Crippen molar-refractivity contribution < 1.29 is 4.43 Å². The van der Waals surface area contributed by atoms with Crippen molar-refractivity contribution in [3.05, 3.63) is 0 Å². The molecule has 0 saturated heterocycles. The van der Waals surface area contributed by atoms with Gasteiger partial charge in [-0.1, -0.05) is 19.8 Å². The van der Waals surface area contributed by atoms with Crippen molar-refractivity contribution in [1.82, 2.24) is 0 Å². The highest BCUT2D eigenvalue weighted by Crippen LogP contribution is 2.60. The van der Waals surface area contributed by atoms with Gasteiger partial charge in [-0.3, -0.25) is 0 Å². The van der Waals surface area contributed by atoms with Gasteiger partial charge in [0, 0.05) is 0 Å². The molecule has 0 heterocycles. The lowest BCUT2D eigenvalue weighted by Crippen LogP contribution is -2.37. The van der Waals surface area contributed by atoms with Crippen LogP contribution in [-0.4, -0.2) is 13.9 Å². The summed E-state index contributed by atoms with van der Waals surface area (Å²) in [6, 6.07) is 0. The first-order chi connectivity index (χ1) is 6.47. The van der Waals surface area contributed by atoms with Crippen LogP contribution in [0.15, 0.2) is 0 Å². The Morgan fingerprint density at radius 1 is 1.36 bits per heavy atom. The number of hydrogen-bond donors (Lipinski definition) is 0. The van der Waals surface area contributed by atoms with Crippen LogP contribution in [0.1, 0.15) is 39.0 Å². The molecule has 2 rings (SSSR count). The van der Waals surface area contributed by atoms with E-state index < -0.39 is 8.32 Å². The second-order valence-electron chi connectivity index (χ2n) is 6.15. The molecular formula is C12H24OSi. The number of fused-ring (bicyclic) bond motifs is 1. The molecule has 82 valence electrons. The summed E-state index contributed by atoms with van der Waals surface area (Å²) < 4.78 is 6.41. The Labute approximate surface area is 89.4 Å². The topological polar surface area (TPSA) is 9.23 Å². The van der Waals surface area contributed by atoms with Crippen LogP contribution >= 0.6 is 0 Å². The summed E-state index contributed by atoms with van der Waals surface area (Å²) in [5.41, 5.74) is 0.364. The van der Waals surface area contributed by atoms with Gasteiger partial charge >= 0.3 is 0 Å². The zero-order valence-electron chi connectivity index (χ0n) is 10.1. The molecule has 3 atom stereocenters. The van der Waals surface area contributed by atoms with Gasteiger partial charge in [0.25, 0.3) is 0 Å². The van der Waals surface area contributed by atoms with E-state index in [2.05, 4.69) is 26.6 Å². The third-order valence-corrected chi connectivity index (χ3v) is 4.88. The Balaban J connectivity index is 1.99. The van der Waals surface area contributed by atoms with Gasteiger partial charge in [-0.05, 0) is 50.7 Å². The second kappa shape index (κ2) is 3.34. The average molecular weight is 212 g/mol. The summed E-state index contributed by atoms with van der Waals surface area (Å²) in [6.07, 6.45) is 6.94. The molecule has 2 fully saturated rings. The van der Waals surface area contributed by atoms with E-state index in [0.29, 0.717) is 5.60 Å². The minimum Gasteiger partial charge on any atom is -0.412 e. The highest BCUT2D eigenvalue weighted by molar-refractivity contribution is 6.69. The summed E-state index contributed by atoms with van der Waals surface area (Å²) in [4.78, 5) is 0. The van der Waals surface area contributed by atoms with Crippen molar-refractivity contribution in [2.45, 2.75) is 64.3 Å². The van der Waals surface area contributed by atoms with Gasteiger partial charge in [-0.2, -0.15) is 0 Å². The third kappa shape index (κ3) is 1.92. The SMILES string of the molecule is CC[C@H]1CCC[C@]2(O[Si](C)(C)C)C[C@H]12. The molecule has 0 spiro atoms. The standard InChI is InChI=1S/C12H24OSi/c1-5-10-7-6-8-12(9-11(10)12)13-14(2,3)4/h10-11H,5-9H2,1-4H3/t10-,11+,12-/m0/s1. The van der Waals surface area contributed by atoms with Crippen LogP contribution < -0.4 is 0 Å². The van der Waals surface area contributed by atoms with Gasteiger partial charge in [0.2, 0.25) is 0 Å². The molecule has 2 aliphatic rings. The predicted molar refractivity (Wildman–Crippen MR) is 62.9 cm³/mol. The molecule has 14 heavy (non-hydrogen) atoms. The Morgan fingerprint density at radius 2 is 2.07 bits per heavy atom. The lowest BCUT2D eigenvalue weighted by molar-refractivity contribution is 0.0964.